The number of pyridine rings is 1. The number of hydrogen-bond donors (Lipinski definition) is 1. The van der Waals surface area contributed by atoms with Crippen LogP contribution in [0.15, 0.2) is 28.0 Å². The summed E-state index contributed by atoms with van der Waals surface area (Å²) in [5.74, 6) is -0.253. The van der Waals surface area contributed by atoms with E-state index in [4.69, 9.17) is 0 Å². The lowest BCUT2D eigenvalue weighted by molar-refractivity contribution is -0.122. The Kier molecular flexibility index (Phi) is 7.40. The van der Waals surface area contributed by atoms with Crippen LogP contribution in [0.25, 0.3) is 0 Å². The Hall–Kier alpha value is -1.67. The third-order valence-electron chi connectivity index (χ3n) is 4.83. The predicted molar refractivity (Wildman–Crippen MR) is 100 cm³/mol. The van der Waals surface area contributed by atoms with Crippen molar-refractivity contribution in [2.75, 3.05) is 13.1 Å². The van der Waals surface area contributed by atoms with Crippen LogP contribution in [0.1, 0.15) is 52.4 Å². The second-order valence-corrected chi connectivity index (χ2v) is 8.61. The highest BCUT2D eigenvalue weighted by atomic mass is 32.2. The molecule has 0 radical (unpaired) electrons. The van der Waals surface area contributed by atoms with Crippen LogP contribution in [0.4, 0.5) is 0 Å². The normalized spacial score (nSPS) is 16.4. The summed E-state index contributed by atoms with van der Waals surface area (Å²) in [6.45, 7) is 4.05. The first-order valence-corrected chi connectivity index (χ1v) is 10.8. The molecular weight excluding hydrogens is 354 g/mol. The second-order valence-electron chi connectivity index (χ2n) is 6.68. The molecule has 26 heavy (non-hydrogen) atoms. The maximum Gasteiger partial charge on any atom is 0.251 e. The largest absolute Gasteiger partial charge is 0.352 e. The monoisotopic (exact) mass is 383 g/mol. The van der Waals surface area contributed by atoms with Crippen LogP contribution < -0.4 is 10.9 Å². The van der Waals surface area contributed by atoms with Crippen LogP contribution in [-0.4, -0.2) is 42.3 Å². The van der Waals surface area contributed by atoms with Crippen molar-refractivity contribution in [1.82, 2.24) is 14.2 Å². The van der Waals surface area contributed by atoms with Crippen molar-refractivity contribution in [2.45, 2.75) is 69.9 Å². The van der Waals surface area contributed by atoms with Crippen molar-refractivity contribution < 1.29 is 13.2 Å². The zero-order chi connectivity index (χ0) is 19.2. The van der Waals surface area contributed by atoms with Gasteiger partial charge in [-0.05, 0) is 18.9 Å². The molecule has 1 aromatic rings. The van der Waals surface area contributed by atoms with E-state index in [2.05, 4.69) is 5.32 Å². The van der Waals surface area contributed by atoms with Gasteiger partial charge in [0.05, 0.1) is 4.90 Å². The summed E-state index contributed by atoms with van der Waals surface area (Å²) in [7, 11) is -3.67. The molecule has 0 aromatic carbocycles. The number of carbonyl (C=O) groups is 1. The molecule has 1 saturated carbocycles. The van der Waals surface area contributed by atoms with Crippen molar-refractivity contribution in [2.24, 2.45) is 0 Å². The first-order valence-electron chi connectivity index (χ1n) is 9.38. The molecule has 1 amide bonds. The Bertz CT molecular complexity index is 761. The van der Waals surface area contributed by atoms with Gasteiger partial charge in [-0.15, -0.1) is 0 Å². The minimum atomic E-state index is -3.67. The molecule has 1 aromatic heterocycles. The molecule has 0 atom stereocenters. The number of sulfonamides is 1. The van der Waals surface area contributed by atoms with Crippen LogP contribution in [0, 0.1) is 0 Å². The summed E-state index contributed by atoms with van der Waals surface area (Å²) >= 11 is 0. The van der Waals surface area contributed by atoms with E-state index >= 15 is 0 Å². The summed E-state index contributed by atoms with van der Waals surface area (Å²) in [5, 5.41) is 2.98. The molecule has 1 fully saturated rings. The Morgan fingerprint density at radius 3 is 2.35 bits per heavy atom. The van der Waals surface area contributed by atoms with Gasteiger partial charge in [0, 0.05) is 31.4 Å². The highest BCUT2D eigenvalue weighted by Crippen LogP contribution is 2.17. The van der Waals surface area contributed by atoms with Crippen molar-refractivity contribution >= 4 is 15.9 Å². The number of aromatic nitrogens is 1. The topological polar surface area (TPSA) is 88.5 Å². The molecule has 2 rings (SSSR count). The number of rotatable bonds is 7. The molecule has 146 valence electrons. The lowest BCUT2D eigenvalue weighted by Crippen LogP contribution is -2.39. The molecule has 1 heterocycles. The summed E-state index contributed by atoms with van der Waals surface area (Å²) in [4.78, 5) is 24.4. The number of carbonyl (C=O) groups excluding carboxylic acids is 1. The quantitative estimate of drug-likeness (QED) is 0.726. The third-order valence-corrected chi connectivity index (χ3v) is 6.87. The minimum absolute atomic E-state index is 0.0306. The van der Waals surface area contributed by atoms with E-state index in [-0.39, 0.29) is 28.9 Å². The molecule has 0 aliphatic heterocycles. The zero-order valence-corrected chi connectivity index (χ0v) is 16.4. The highest BCUT2D eigenvalue weighted by molar-refractivity contribution is 7.89. The van der Waals surface area contributed by atoms with Gasteiger partial charge >= 0.3 is 0 Å². The Morgan fingerprint density at radius 2 is 1.77 bits per heavy atom. The molecule has 0 saturated heterocycles. The summed E-state index contributed by atoms with van der Waals surface area (Å²) in [6, 6.07) is 2.65. The second kappa shape index (κ2) is 9.32. The Balaban J connectivity index is 2.14. The maximum atomic E-state index is 12.6. The van der Waals surface area contributed by atoms with Gasteiger partial charge in [-0.2, -0.15) is 4.31 Å². The van der Waals surface area contributed by atoms with Crippen LogP contribution in [-0.2, 0) is 21.4 Å². The van der Waals surface area contributed by atoms with Crippen molar-refractivity contribution in [3.05, 3.63) is 28.7 Å². The highest BCUT2D eigenvalue weighted by Gasteiger charge is 2.23. The number of nitrogens with one attached hydrogen (secondary N) is 1. The van der Waals surface area contributed by atoms with Crippen LogP contribution >= 0.6 is 0 Å². The fraction of sp³-hybridized carbons (Fsp3) is 0.667. The molecule has 1 aliphatic carbocycles. The first-order chi connectivity index (χ1) is 12.4. The van der Waals surface area contributed by atoms with Crippen molar-refractivity contribution in [1.29, 1.82) is 0 Å². The zero-order valence-electron chi connectivity index (χ0n) is 15.6. The average molecular weight is 384 g/mol. The molecule has 0 bridgehead atoms. The van der Waals surface area contributed by atoms with Gasteiger partial charge < -0.3 is 9.88 Å². The molecule has 8 heteroatoms. The van der Waals surface area contributed by atoms with E-state index < -0.39 is 10.0 Å². The maximum absolute atomic E-state index is 12.6. The van der Waals surface area contributed by atoms with Crippen LogP contribution in [0.3, 0.4) is 0 Å². The van der Waals surface area contributed by atoms with Gasteiger partial charge in [0.1, 0.15) is 6.54 Å². The minimum Gasteiger partial charge on any atom is -0.352 e. The van der Waals surface area contributed by atoms with E-state index in [1.54, 1.807) is 13.8 Å². The molecule has 0 spiro atoms. The molecule has 1 N–H and O–H groups in total. The summed E-state index contributed by atoms with van der Waals surface area (Å²) < 4.78 is 27.7. The van der Waals surface area contributed by atoms with Gasteiger partial charge in [0.15, 0.2) is 0 Å². The van der Waals surface area contributed by atoms with Crippen molar-refractivity contribution in [3.8, 4) is 0 Å². The molecule has 0 unspecified atom stereocenters. The van der Waals surface area contributed by atoms with Crippen LogP contribution in [0.5, 0.6) is 0 Å². The number of hydrogen-bond acceptors (Lipinski definition) is 4. The van der Waals surface area contributed by atoms with Gasteiger partial charge in [0.2, 0.25) is 15.9 Å². The van der Waals surface area contributed by atoms with Gasteiger partial charge in [0.25, 0.3) is 5.56 Å². The summed E-state index contributed by atoms with van der Waals surface area (Å²) in [6.07, 6.45) is 7.76. The molecular formula is C18H29N3O4S. The predicted octanol–water partition coefficient (Wildman–Crippen LogP) is 1.72. The molecule has 7 nitrogen and oxygen atoms in total. The van der Waals surface area contributed by atoms with Crippen LogP contribution in [0.2, 0.25) is 0 Å². The Labute approximate surface area is 155 Å². The van der Waals surface area contributed by atoms with E-state index in [1.807, 2.05) is 0 Å². The first kappa shape index (κ1) is 20.6. The fourth-order valence-corrected chi connectivity index (χ4v) is 4.83. The summed E-state index contributed by atoms with van der Waals surface area (Å²) in [5.41, 5.74) is -0.389. The van der Waals surface area contributed by atoms with Crippen molar-refractivity contribution in [3.63, 3.8) is 0 Å². The SMILES string of the molecule is CCN(CC)S(=O)(=O)c1ccc(=O)n(CC(=O)NC2CCCCCC2)c1. The van der Waals surface area contributed by atoms with E-state index in [0.29, 0.717) is 13.1 Å². The van der Waals surface area contributed by atoms with Gasteiger partial charge in [-0.3, -0.25) is 9.59 Å². The average Bonchev–Trinajstić information content (AvgIpc) is 2.86. The lowest BCUT2D eigenvalue weighted by Gasteiger charge is -2.19. The Morgan fingerprint density at radius 1 is 1.15 bits per heavy atom. The molecule has 1 aliphatic rings. The fourth-order valence-electron chi connectivity index (χ4n) is 3.35. The third kappa shape index (κ3) is 5.17. The smallest absolute Gasteiger partial charge is 0.251 e. The van der Waals surface area contributed by atoms with E-state index in [0.717, 1.165) is 25.7 Å². The standard InChI is InChI=1S/C18H29N3O4S/c1-3-21(4-2)26(24,25)16-11-12-18(23)20(13-16)14-17(22)19-15-9-7-5-6-8-10-15/h11-13,15H,3-10,14H2,1-2H3,(H,19,22). The van der Waals surface area contributed by atoms with Gasteiger partial charge in [-0.25, -0.2) is 8.42 Å². The van der Waals surface area contributed by atoms with E-state index in [1.165, 1.54) is 40.0 Å². The van der Waals surface area contributed by atoms with E-state index in [9.17, 15) is 18.0 Å². The number of nitrogens with zero attached hydrogens (tertiary/aromatic N) is 2. The lowest BCUT2D eigenvalue weighted by atomic mass is 10.1. The number of amides is 1. The van der Waals surface area contributed by atoms with Gasteiger partial charge in [-0.1, -0.05) is 39.5 Å².